The zero-order chi connectivity index (χ0) is 24.1. The van der Waals surface area contributed by atoms with Gasteiger partial charge < -0.3 is 19.5 Å². The predicted octanol–water partition coefficient (Wildman–Crippen LogP) is 4.28. The van der Waals surface area contributed by atoms with Crippen LogP contribution in [-0.4, -0.2) is 40.4 Å². The minimum atomic E-state index is -0.840. The largest absolute Gasteiger partial charge is 0.507 e. The molecule has 0 spiro atoms. The minimum Gasteiger partial charge on any atom is -0.507 e. The summed E-state index contributed by atoms with van der Waals surface area (Å²) in [7, 11) is 1.52. The van der Waals surface area contributed by atoms with E-state index < -0.39 is 17.7 Å². The van der Waals surface area contributed by atoms with E-state index in [0.29, 0.717) is 29.2 Å². The second-order valence-corrected chi connectivity index (χ2v) is 7.65. The van der Waals surface area contributed by atoms with Crippen molar-refractivity contribution < 1.29 is 24.2 Å². The summed E-state index contributed by atoms with van der Waals surface area (Å²) in [6.45, 7) is 4.11. The lowest BCUT2D eigenvalue weighted by Gasteiger charge is -2.26. The first-order valence-electron chi connectivity index (χ1n) is 10.7. The molecule has 1 aliphatic rings. The van der Waals surface area contributed by atoms with Gasteiger partial charge in [-0.2, -0.15) is 0 Å². The molecule has 0 aliphatic carbocycles. The molecule has 2 heterocycles. The number of methoxy groups -OCH3 is 1. The van der Waals surface area contributed by atoms with Crippen LogP contribution in [0.5, 0.6) is 11.5 Å². The Balaban J connectivity index is 1.82. The van der Waals surface area contributed by atoms with Crippen LogP contribution in [0.2, 0.25) is 0 Å². The van der Waals surface area contributed by atoms with Crippen molar-refractivity contribution in [3.05, 3.63) is 108 Å². The number of carbonyl (C=O) groups excluding carboxylic acids is 2. The molecule has 1 N–H and O–H groups in total. The fourth-order valence-electron chi connectivity index (χ4n) is 3.97. The number of ketones is 1. The van der Waals surface area contributed by atoms with Crippen LogP contribution in [0.15, 0.2) is 91.3 Å². The van der Waals surface area contributed by atoms with Crippen LogP contribution in [0.4, 0.5) is 0 Å². The van der Waals surface area contributed by atoms with Gasteiger partial charge in [-0.1, -0.05) is 36.9 Å². The summed E-state index contributed by atoms with van der Waals surface area (Å²) in [5, 5.41) is 11.2. The highest BCUT2D eigenvalue weighted by molar-refractivity contribution is 6.46. The SMILES string of the molecule is C=CCOc1ccc(C(O)=C2C(=O)C(=O)N(Cc3cccnc3)[C@@H]2c2ccccc2OC)cc1. The molecule has 4 rings (SSSR count). The Morgan fingerprint density at radius 1 is 1.12 bits per heavy atom. The summed E-state index contributed by atoms with van der Waals surface area (Å²) in [4.78, 5) is 31.9. The van der Waals surface area contributed by atoms with E-state index in [4.69, 9.17) is 9.47 Å². The number of pyridine rings is 1. The number of carbonyl (C=O) groups is 2. The lowest BCUT2D eigenvalue weighted by molar-refractivity contribution is -0.140. The smallest absolute Gasteiger partial charge is 0.295 e. The predicted molar refractivity (Wildman–Crippen MR) is 127 cm³/mol. The number of para-hydroxylation sites is 1. The van der Waals surface area contributed by atoms with Crippen molar-refractivity contribution in [2.24, 2.45) is 0 Å². The molecule has 1 aromatic heterocycles. The van der Waals surface area contributed by atoms with Crippen molar-refractivity contribution in [3.8, 4) is 11.5 Å². The molecule has 1 amide bonds. The number of hydrogen-bond acceptors (Lipinski definition) is 6. The molecule has 172 valence electrons. The van der Waals surface area contributed by atoms with Gasteiger partial charge in [-0.25, -0.2) is 0 Å². The van der Waals surface area contributed by atoms with E-state index in [9.17, 15) is 14.7 Å². The number of aromatic nitrogens is 1. The number of aliphatic hydroxyl groups is 1. The van der Waals surface area contributed by atoms with E-state index in [1.54, 1.807) is 73.1 Å². The van der Waals surface area contributed by atoms with E-state index in [2.05, 4.69) is 11.6 Å². The van der Waals surface area contributed by atoms with Crippen molar-refractivity contribution in [2.75, 3.05) is 13.7 Å². The minimum absolute atomic E-state index is 0.00171. The summed E-state index contributed by atoms with van der Waals surface area (Å²) in [6.07, 6.45) is 4.91. The van der Waals surface area contributed by atoms with E-state index in [-0.39, 0.29) is 17.9 Å². The molecule has 0 bridgehead atoms. The van der Waals surface area contributed by atoms with Gasteiger partial charge in [0.15, 0.2) is 0 Å². The van der Waals surface area contributed by atoms with Gasteiger partial charge in [0.25, 0.3) is 11.7 Å². The molecule has 1 aliphatic heterocycles. The summed E-state index contributed by atoms with van der Waals surface area (Å²) < 4.78 is 11.0. The van der Waals surface area contributed by atoms with Crippen molar-refractivity contribution in [1.82, 2.24) is 9.88 Å². The first-order chi connectivity index (χ1) is 16.5. The monoisotopic (exact) mass is 456 g/mol. The molecule has 0 unspecified atom stereocenters. The Labute approximate surface area is 197 Å². The molecule has 0 radical (unpaired) electrons. The van der Waals surface area contributed by atoms with Crippen LogP contribution in [0.1, 0.15) is 22.7 Å². The maximum atomic E-state index is 13.2. The van der Waals surface area contributed by atoms with Crippen LogP contribution < -0.4 is 9.47 Å². The highest BCUT2D eigenvalue weighted by Crippen LogP contribution is 2.43. The lowest BCUT2D eigenvalue weighted by atomic mass is 9.94. The molecule has 1 saturated heterocycles. The first-order valence-corrected chi connectivity index (χ1v) is 10.7. The fraction of sp³-hybridized carbons (Fsp3) is 0.148. The number of likely N-dealkylation sites (tertiary alicyclic amines) is 1. The normalized spacial score (nSPS) is 17.0. The second-order valence-electron chi connectivity index (χ2n) is 7.65. The number of aliphatic hydroxyl groups excluding tert-OH is 1. The van der Waals surface area contributed by atoms with Gasteiger partial charge in [0, 0.05) is 30.1 Å². The van der Waals surface area contributed by atoms with E-state index >= 15 is 0 Å². The van der Waals surface area contributed by atoms with E-state index in [0.717, 1.165) is 5.56 Å². The Bertz CT molecular complexity index is 1240. The number of rotatable bonds is 8. The number of benzene rings is 2. The van der Waals surface area contributed by atoms with Gasteiger partial charge in [-0.05, 0) is 42.0 Å². The van der Waals surface area contributed by atoms with Gasteiger partial charge in [0.2, 0.25) is 0 Å². The maximum Gasteiger partial charge on any atom is 0.295 e. The quantitative estimate of drug-likeness (QED) is 0.236. The number of amides is 1. The number of Topliss-reactive ketones (excluding diaryl/α,β-unsaturated/α-hetero) is 1. The van der Waals surface area contributed by atoms with Gasteiger partial charge >= 0.3 is 0 Å². The summed E-state index contributed by atoms with van der Waals surface area (Å²) in [6, 6.07) is 16.5. The molecular weight excluding hydrogens is 432 g/mol. The van der Waals surface area contributed by atoms with Crippen LogP contribution in [0.25, 0.3) is 5.76 Å². The van der Waals surface area contributed by atoms with E-state index in [1.807, 2.05) is 6.07 Å². The highest BCUT2D eigenvalue weighted by atomic mass is 16.5. The number of hydrogen-bond donors (Lipinski definition) is 1. The Hall–Kier alpha value is -4.39. The third-order valence-corrected chi connectivity index (χ3v) is 5.54. The first kappa shape index (κ1) is 22.8. The van der Waals surface area contributed by atoms with Crippen molar-refractivity contribution in [3.63, 3.8) is 0 Å². The lowest BCUT2D eigenvalue weighted by Crippen LogP contribution is -2.29. The number of nitrogens with zero attached hydrogens (tertiary/aromatic N) is 2. The van der Waals surface area contributed by atoms with Crippen LogP contribution in [0.3, 0.4) is 0 Å². The average Bonchev–Trinajstić information content (AvgIpc) is 3.12. The van der Waals surface area contributed by atoms with Crippen LogP contribution in [-0.2, 0) is 16.1 Å². The number of ether oxygens (including phenoxy) is 2. The third kappa shape index (κ3) is 4.41. The Kier molecular flexibility index (Phi) is 6.73. The van der Waals surface area contributed by atoms with E-state index in [1.165, 1.54) is 12.0 Å². The van der Waals surface area contributed by atoms with Crippen molar-refractivity contribution >= 4 is 17.4 Å². The zero-order valence-electron chi connectivity index (χ0n) is 18.7. The van der Waals surface area contributed by atoms with Crippen LogP contribution in [0, 0.1) is 0 Å². The second kappa shape index (κ2) is 10.0. The molecule has 3 aromatic rings. The average molecular weight is 456 g/mol. The summed E-state index contributed by atoms with van der Waals surface area (Å²) >= 11 is 0. The van der Waals surface area contributed by atoms with Crippen molar-refractivity contribution in [1.29, 1.82) is 0 Å². The van der Waals surface area contributed by atoms with Crippen molar-refractivity contribution in [2.45, 2.75) is 12.6 Å². The molecule has 34 heavy (non-hydrogen) atoms. The fourth-order valence-corrected chi connectivity index (χ4v) is 3.97. The van der Waals surface area contributed by atoms with Crippen LogP contribution >= 0.6 is 0 Å². The molecule has 1 fully saturated rings. The van der Waals surface area contributed by atoms with Gasteiger partial charge in [-0.3, -0.25) is 14.6 Å². The van der Waals surface area contributed by atoms with Gasteiger partial charge in [0.1, 0.15) is 23.9 Å². The molecule has 1 atom stereocenters. The summed E-state index contributed by atoms with van der Waals surface area (Å²) in [5.41, 5.74) is 1.75. The molecule has 7 nitrogen and oxygen atoms in total. The topological polar surface area (TPSA) is 89.0 Å². The standard InChI is InChI=1S/C27H24N2O5/c1-3-15-34-20-12-10-19(11-13-20)25(30)23-24(21-8-4-5-9-22(21)33-2)29(27(32)26(23)31)17-18-7-6-14-28-16-18/h3-14,16,24,30H,1,15,17H2,2H3/t24-/m1/s1. The Morgan fingerprint density at radius 2 is 1.88 bits per heavy atom. The zero-order valence-corrected chi connectivity index (χ0v) is 18.7. The molecule has 0 saturated carbocycles. The Morgan fingerprint density at radius 3 is 2.56 bits per heavy atom. The maximum absolute atomic E-state index is 13.2. The third-order valence-electron chi connectivity index (χ3n) is 5.54. The summed E-state index contributed by atoms with van der Waals surface area (Å²) in [5.74, 6) is -0.630. The van der Waals surface area contributed by atoms with Gasteiger partial charge in [-0.15, -0.1) is 0 Å². The molecule has 7 heteroatoms. The molecule has 2 aromatic carbocycles. The molecular formula is C27H24N2O5. The van der Waals surface area contributed by atoms with Gasteiger partial charge in [0.05, 0.1) is 18.7 Å². The highest BCUT2D eigenvalue weighted by Gasteiger charge is 2.47.